The Kier molecular flexibility index (Phi) is 9.28. The van der Waals surface area contributed by atoms with Crippen LogP contribution in [0.2, 0.25) is 0 Å². The molecule has 2 amide bonds. The molecule has 0 aliphatic carbocycles. The van der Waals surface area contributed by atoms with Crippen LogP contribution in [0.15, 0.2) is 63.5 Å². The summed E-state index contributed by atoms with van der Waals surface area (Å²) in [6.45, 7) is 0. The van der Waals surface area contributed by atoms with Crippen molar-refractivity contribution in [3.05, 3.63) is 91.6 Å². The predicted octanol–water partition coefficient (Wildman–Crippen LogP) is 8.68. The van der Waals surface area contributed by atoms with Crippen LogP contribution in [0.3, 0.4) is 0 Å². The van der Waals surface area contributed by atoms with Crippen molar-refractivity contribution in [1.82, 2.24) is 0 Å². The minimum absolute atomic E-state index is 0.00246. The fourth-order valence-corrected chi connectivity index (χ4v) is 5.15. The largest absolute Gasteiger partial charge is 0.457 e. The first-order valence-electron chi connectivity index (χ1n) is 11.3. The van der Waals surface area contributed by atoms with Crippen molar-refractivity contribution in [2.45, 2.75) is 23.9 Å². The van der Waals surface area contributed by atoms with Crippen LogP contribution in [0.1, 0.15) is 31.8 Å². The van der Waals surface area contributed by atoms with Crippen molar-refractivity contribution in [3.63, 3.8) is 0 Å². The van der Waals surface area contributed by atoms with E-state index in [0.29, 0.717) is 0 Å². The molecule has 17 heteroatoms. The lowest BCUT2D eigenvalue weighted by molar-refractivity contribution is -0.389. The molecule has 1 N–H and O–H groups in total. The Morgan fingerprint density at radius 2 is 1.42 bits per heavy atom. The predicted molar refractivity (Wildman–Crippen MR) is 140 cm³/mol. The number of hydrogen-bond donors (Lipinski definition) is 1. The standard InChI is InChI=1S/C26H13Br2F10N3O2/c1-41(22(43)13-5-2-4-12(8-13)11-39)18-7-3-6-15(19(18)29)21(42)40-20-16(27)9-14(10-17(20)28)23(30,25(33,34)35)24(31,32)26(36,37)38/h2-10H,1H3,(H,40,42). The van der Waals surface area contributed by atoms with Gasteiger partial charge in [0.2, 0.25) is 0 Å². The van der Waals surface area contributed by atoms with Gasteiger partial charge < -0.3 is 10.2 Å². The summed E-state index contributed by atoms with van der Waals surface area (Å²) in [5.74, 6) is -10.3. The third kappa shape index (κ3) is 6.07. The summed E-state index contributed by atoms with van der Waals surface area (Å²) >= 11 is 5.23. The lowest BCUT2D eigenvalue weighted by Crippen LogP contribution is -2.59. The van der Waals surface area contributed by atoms with E-state index >= 15 is 4.39 Å². The molecule has 0 heterocycles. The van der Waals surface area contributed by atoms with Crippen molar-refractivity contribution < 1.29 is 53.5 Å². The molecule has 0 aromatic heterocycles. The van der Waals surface area contributed by atoms with E-state index < -0.39 is 73.0 Å². The molecule has 0 fully saturated rings. The highest BCUT2D eigenvalue weighted by Gasteiger charge is 2.81. The third-order valence-electron chi connectivity index (χ3n) is 5.99. The van der Waals surface area contributed by atoms with E-state index in [2.05, 4.69) is 31.9 Å². The van der Waals surface area contributed by atoms with Crippen LogP contribution < -0.4 is 10.2 Å². The topological polar surface area (TPSA) is 73.2 Å². The van der Waals surface area contributed by atoms with Crippen molar-refractivity contribution in [2.75, 3.05) is 17.3 Å². The number of benzene rings is 3. The Labute approximate surface area is 252 Å². The zero-order valence-electron chi connectivity index (χ0n) is 20.9. The molecule has 0 saturated heterocycles. The molecule has 3 aromatic carbocycles. The fraction of sp³-hybridized carbons (Fsp3) is 0.192. The van der Waals surface area contributed by atoms with Crippen LogP contribution in [0.4, 0.5) is 55.3 Å². The molecule has 3 rings (SSSR count). The lowest BCUT2D eigenvalue weighted by atomic mass is 9.87. The van der Waals surface area contributed by atoms with Gasteiger partial charge in [0, 0.05) is 27.1 Å². The Morgan fingerprint density at radius 1 is 0.860 bits per heavy atom. The highest BCUT2D eigenvalue weighted by molar-refractivity contribution is 9.11. The summed E-state index contributed by atoms with van der Waals surface area (Å²) < 4.78 is 135. The zero-order chi connectivity index (χ0) is 32.7. The van der Waals surface area contributed by atoms with Crippen molar-refractivity contribution >= 4 is 55.0 Å². The highest BCUT2D eigenvalue weighted by Crippen LogP contribution is 2.59. The Balaban J connectivity index is 2.00. The van der Waals surface area contributed by atoms with Gasteiger partial charge in [-0.3, -0.25) is 9.59 Å². The van der Waals surface area contributed by atoms with Gasteiger partial charge in [-0.1, -0.05) is 12.1 Å². The molecule has 5 nitrogen and oxygen atoms in total. The van der Waals surface area contributed by atoms with E-state index in [-0.39, 0.29) is 23.3 Å². The van der Waals surface area contributed by atoms with Gasteiger partial charge >= 0.3 is 23.9 Å². The van der Waals surface area contributed by atoms with Gasteiger partial charge in [-0.25, -0.2) is 8.78 Å². The van der Waals surface area contributed by atoms with Crippen molar-refractivity contribution in [3.8, 4) is 6.07 Å². The maximum Gasteiger partial charge on any atom is 0.457 e. The summed E-state index contributed by atoms with van der Waals surface area (Å²) in [4.78, 5) is 26.6. The van der Waals surface area contributed by atoms with Crippen LogP contribution >= 0.6 is 31.9 Å². The fourth-order valence-electron chi connectivity index (χ4n) is 3.77. The molecule has 0 spiro atoms. The van der Waals surface area contributed by atoms with Gasteiger partial charge in [-0.2, -0.15) is 40.4 Å². The van der Waals surface area contributed by atoms with Crippen LogP contribution in [-0.4, -0.2) is 37.1 Å². The zero-order valence-corrected chi connectivity index (χ0v) is 24.1. The summed E-state index contributed by atoms with van der Waals surface area (Å²) in [5, 5.41) is 11.1. The minimum atomic E-state index is -6.95. The number of hydrogen-bond acceptors (Lipinski definition) is 3. The first-order chi connectivity index (χ1) is 19.7. The Bertz CT molecular complexity index is 1610. The summed E-state index contributed by atoms with van der Waals surface area (Å²) in [6, 6.07) is 10.4. The Morgan fingerprint density at radius 3 is 1.93 bits per heavy atom. The molecule has 0 saturated carbocycles. The molecular formula is C26H13Br2F10N3O2. The molecule has 228 valence electrons. The van der Waals surface area contributed by atoms with Gasteiger partial charge in [0.15, 0.2) is 5.82 Å². The molecule has 0 aliphatic heterocycles. The molecule has 3 aromatic rings. The number of nitrogens with one attached hydrogen (secondary N) is 1. The molecule has 43 heavy (non-hydrogen) atoms. The van der Waals surface area contributed by atoms with Crippen LogP contribution in [-0.2, 0) is 5.67 Å². The van der Waals surface area contributed by atoms with E-state index in [9.17, 15) is 49.1 Å². The highest BCUT2D eigenvalue weighted by atomic mass is 79.9. The second kappa shape index (κ2) is 11.8. The van der Waals surface area contributed by atoms with Gasteiger partial charge in [0.1, 0.15) is 0 Å². The number of halogens is 12. The number of carbonyl (C=O) groups is 2. The average molecular weight is 749 g/mol. The first-order valence-corrected chi connectivity index (χ1v) is 12.9. The molecule has 0 radical (unpaired) electrons. The first kappa shape index (κ1) is 33.8. The molecular weight excluding hydrogens is 736 g/mol. The smallest absolute Gasteiger partial charge is 0.320 e. The minimum Gasteiger partial charge on any atom is -0.320 e. The summed E-state index contributed by atoms with van der Waals surface area (Å²) in [5.41, 5.74) is -10.0. The summed E-state index contributed by atoms with van der Waals surface area (Å²) in [6.07, 6.45) is -13.7. The van der Waals surface area contributed by atoms with Crippen LogP contribution in [0.5, 0.6) is 0 Å². The van der Waals surface area contributed by atoms with Gasteiger partial charge in [0.05, 0.1) is 28.6 Å². The number of nitrogens with zero attached hydrogens (tertiary/aromatic N) is 2. The van der Waals surface area contributed by atoms with Gasteiger partial charge in [0.25, 0.3) is 11.8 Å². The van der Waals surface area contributed by atoms with Crippen molar-refractivity contribution in [2.24, 2.45) is 0 Å². The monoisotopic (exact) mass is 747 g/mol. The maximum absolute atomic E-state index is 15.4. The quantitative estimate of drug-likeness (QED) is 0.257. The van der Waals surface area contributed by atoms with E-state index in [1.54, 1.807) is 0 Å². The second-order valence-electron chi connectivity index (χ2n) is 8.69. The van der Waals surface area contributed by atoms with E-state index in [0.717, 1.165) is 30.1 Å². The van der Waals surface area contributed by atoms with Gasteiger partial charge in [-0.05, 0) is 74.3 Å². The SMILES string of the molecule is CN(C(=O)c1cccc(C#N)c1)c1cccc(C(=O)Nc2c(Br)cc(C(F)(C(F)(F)F)C(F)(F)C(F)(F)F)cc2Br)c1F. The number of nitriles is 1. The number of anilines is 2. The van der Waals surface area contributed by atoms with Crippen molar-refractivity contribution in [1.29, 1.82) is 5.26 Å². The third-order valence-corrected chi connectivity index (χ3v) is 7.24. The Hall–Kier alpha value is -3.65. The number of rotatable bonds is 6. The lowest BCUT2D eigenvalue weighted by Gasteiger charge is -2.36. The number of alkyl halides is 9. The van der Waals surface area contributed by atoms with Crippen LogP contribution in [0, 0.1) is 17.1 Å². The molecule has 1 atom stereocenters. The normalized spacial score (nSPS) is 13.6. The second-order valence-corrected chi connectivity index (χ2v) is 10.4. The van der Waals surface area contributed by atoms with E-state index in [1.807, 2.05) is 11.4 Å². The molecule has 0 aliphatic rings. The number of carbonyl (C=O) groups excluding carboxylic acids is 2. The van der Waals surface area contributed by atoms with Crippen LogP contribution in [0.25, 0.3) is 0 Å². The van der Waals surface area contributed by atoms with E-state index in [1.165, 1.54) is 24.3 Å². The molecule has 1 unspecified atom stereocenters. The van der Waals surface area contributed by atoms with E-state index in [4.69, 9.17) is 5.26 Å². The van der Waals surface area contributed by atoms with Gasteiger partial charge in [-0.15, -0.1) is 0 Å². The summed E-state index contributed by atoms with van der Waals surface area (Å²) in [7, 11) is 1.16. The average Bonchev–Trinajstić information content (AvgIpc) is 2.92. The number of amides is 2. The maximum atomic E-state index is 15.4. The molecule has 0 bridgehead atoms.